The molecule has 0 rings (SSSR count). The summed E-state index contributed by atoms with van der Waals surface area (Å²) < 4.78 is 0. The Morgan fingerprint density at radius 1 is 1.88 bits per heavy atom. The van der Waals surface area contributed by atoms with E-state index in [0.717, 1.165) is 0 Å². The zero-order valence-electron chi connectivity index (χ0n) is 4.80. The molecule has 0 heterocycles. The Morgan fingerprint density at radius 3 is 2.88 bits per heavy atom. The summed E-state index contributed by atoms with van der Waals surface area (Å²) in [5.74, 6) is 0. The van der Waals surface area contributed by atoms with Crippen molar-refractivity contribution >= 4 is 0 Å². The van der Waals surface area contributed by atoms with E-state index in [0.29, 0.717) is 6.42 Å². The van der Waals surface area contributed by atoms with Crippen LogP contribution < -0.4 is 5.73 Å². The molecule has 0 aromatic heterocycles. The number of hydrogen-bond donors (Lipinski definition) is 2. The summed E-state index contributed by atoms with van der Waals surface area (Å²) >= 11 is 0. The van der Waals surface area contributed by atoms with Gasteiger partial charge in [-0.2, -0.15) is 0 Å². The van der Waals surface area contributed by atoms with E-state index in [2.05, 4.69) is 12.3 Å². The van der Waals surface area contributed by atoms with Crippen LogP contribution in [0.3, 0.4) is 0 Å². The molecule has 0 unspecified atom stereocenters. The van der Waals surface area contributed by atoms with E-state index in [-0.39, 0.29) is 12.6 Å². The molecule has 3 N–H and O–H groups in total. The molecule has 2 nitrogen and oxygen atoms in total. The molecule has 1 atom stereocenters. The van der Waals surface area contributed by atoms with Crippen LogP contribution in [0, 0.1) is 0 Å². The molecular formula is C6H11NO. The van der Waals surface area contributed by atoms with Crippen LogP contribution in [0.1, 0.15) is 6.42 Å². The Hall–Kier alpha value is -0.560. The van der Waals surface area contributed by atoms with E-state index < -0.39 is 0 Å². The first kappa shape index (κ1) is 7.44. The summed E-state index contributed by atoms with van der Waals surface area (Å²) in [4.78, 5) is 0. The van der Waals surface area contributed by atoms with Crippen LogP contribution in [0.2, 0.25) is 0 Å². The van der Waals surface area contributed by atoms with Crippen LogP contribution in [-0.2, 0) is 0 Å². The molecule has 0 aromatic rings. The third-order valence-electron chi connectivity index (χ3n) is 0.799. The Bertz CT molecular complexity index is 94.7. The van der Waals surface area contributed by atoms with Crippen molar-refractivity contribution in [2.24, 2.45) is 5.73 Å². The standard InChI is InChI=1S/C6H11NO/c1-2-3-4-6(7)5-8/h3,6,8H,1,4-5,7H2/t6-/m0/s1. The maximum Gasteiger partial charge on any atom is 0.0585 e. The molecule has 46 valence electrons. The summed E-state index contributed by atoms with van der Waals surface area (Å²) in [5.41, 5.74) is 7.88. The van der Waals surface area contributed by atoms with Gasteiger partial charge in [0.15, 0.2) is 0 Å². The molecule has 0 spiro atoms. The highest BCUT2D eigenvalue weighted by molar-refractivity contribution is 4.80. The lowest BCUT2D eigenvalue weighted by Crippen LogP contribution is -2.22. The first-order valence-corrected chi connectivity index (χ1v) is 2.52. The third kappa shape index (κ3) is 3.62. The fourth-order valence-electron chi connectivity index (χ4n) is 0.309. The van der Waals surface area contributed by atoms with E-state index in [1.54, 1.807) is 6.08 Å². The zero-order chi connectivity index (χ0) is 6.41. The number of hydrogen-bond acceptors (Lipinski definition) is 2. The van der Waals surface area contributed by atoms with Crippen molar-refractivity contribution in [1.82, 2.24) is 0 Å². The average Bonchev–Trinajstić information content (AvgIpc) is 1.83. The summed E-state index contributed by atoms with van der Waals surface area (Å²) in [6.07, 6.45) is 2.36. The van der Waals surface area contributed by atoms with Crippen molar-refractivity contribution in [3.63, 3.8) is 0 Å². The predicted molar refractivity (Wildman–Crippen MR) is 33.4 cm³/mol. The minimum atomic E-state index is -0.149. The van der Waals surface area contributed by atoms with Crippen molar-refractivity contribution in [2.75, 3.05) is 6.61 Å². The lowest BCUT2D eigenvalue weighted by atomic mass is 10.2. The van der Waals surface area contributed by atoms with Crippen molar-refractivity contribution < 1.29 is 5.11 Å². The smallest absolute Gasteiger partial charge is 0.0585 e. The topological polar surface area (TPSA) is 46.2 Å². The van der Waals surface area contributed by atoms with Gasteiger partial charge in [0.1, 0.15) is 0 Å². The SMILES string of the molecule is C=C=CC[C@H](N)CO. The first-order valence-electron chi connectivity index (χ1n) is 2.52. The molecule has 0 fully saturated rings. The molecule has 2 heteroatoms. The fraction of sp³-hybridized carbons (Fsp3) is 0.500. The van der Waals surface area contributed by atoms with Crippen molar-refractivity contribution in [2.45, 2.75) is 12.5 Å². The van der Waals surface area contributed by atoms with Crippen LogP contribution >= 0.6 is 0 Å². The van der Waals surface area contributed by atoms with Crippen LogP contribution in [0.25, 0.3) is 0 Å². The quantitative estimate of drug-likeness (QED) is 0.507. The van der Waals surface area contributed by atoms with E-state index in [9.17, 15) is 0 Å². The van der Waals surface area contributed by atoms with Crippen molar-refractivity contribution in [3.8, 4) is 0 Å². The highest BCUT2D eigenvalue weighted by atomic mass is 16.3. The normalized spacial score (nSPS) is 12.2. The molecular weight excluding hydrogens is 102 g/mol. The molecule has 0 amide bonds. The third-order valence-corrected chi connectivity index (χ3v) is 0.799. The second-order valence-corrected chi connectivity index (χ2v) is 1.59. The predicted octanol–water partition coefficient (Wildman–Crippen LogP) is 0.0372. The molecule has 0 saturated heterocycles. The lowest BCUT2D eigenvalue weighted by molar-refractivity contribution is 0.266. The summed E-state index contributed by atoms with van der Waals surface area (Å²) in [5, 5.41) is 8.37. The Morgan fingerprint density at radius 2 is 2.50 bits per heavy atom. The minimum Gasteiger partial charge on any atom is -0.395 e. The molecule has 0 aliphatic heterocycles. The van der Waals surface area contributed by atoms with Gasteiger partial charge in [-0.25, -0.2) is 0 Å². The lowest BCUT2D eigenvalue weighted by Gasteiger charge is -1.99. The van der Waals surface area contributed by atoms with Gasteiger partial charge in [0.25, 0.3) is 0 Å². The Labute approximate surface area is 49.3 Å². The second kappa shape index (κ2) is 4.60. The summed E-state index contributed by atoms with van der Waals surface area (Å²) in [7, 11) is 0. The molecule has 0 saturated carbocycles. The number of rotatable bonds is 3. The molecule has 0 aliphatic rings. The van der Waals surface area contributed by atoms with Gasteiger partial charge < -0.3 is 10.8 Å². The molecule has 0 aromatic carbocycles. The van der Waals surface area contributed by atoms with Crippen LogP contribution in [0.4, 0.5) is 0 Å². The van der Waals surface area contributed by atoms with Crippen LogP contribution in [0.15, 0.2) is 18.4 Å². The number of aliphatic hydroxyl groups is 1. The zero-order valence-corrected chi connectivity index (χ0v) is 4.80. The highest BCUT2D eigenvalue weighted by Gasteiger charge is 1.92. The van der Waals surface area contributed by atoms with E-state index in [1.165, 1.54) is 0 Å². The van der Waals surface area contributed by atoms with E-state index in [1.807, 2.05) is 0 Å². The number of nitrogens with two attached hydrogens (primary N) is 1. The largest absolute Gasteiger partial charge is 0.395 e. The van der Waals surface area contributed by atoms with Crippen LogP contribution in [0.5, 0.6) is 0 Å². The fourth-order valence-corrected chi connectivity index (χ4v) is 0.309. The van der Waals surface area contributed by atoms with Crippen molar-refractivity contribution in [3.05, 3.63) is 18.4 Å². The van der Waals surface area contributed by atoms with E-state index in [4.69, 9.17) is 10.8 Å². The molecule has 0 aliphatic carbocycles. The van der Waals surface area contributed by atoms with Gasteiger partial charge in [0, 0.05) is 6.04 Å². The summed E-state index contributed by atoms with van der Waals surface area (Å²) in [6.45, 7) is 3.38. The molecule has 0 bridgehead atoms. The monoisotopic (exact) mass is 113 g/mol. The van der Waals surface area contributed by atoms with Gasteiger partial charge in [-0.3, -0.25) is 0 Å². The van der Waals surface area contributed by atoms with Gasteiger partial charge in [-0.15, -0.1) is 5.73 Å². The second-order valence-electron chi connectivity index (χ2n) is 1.59. The van der Waals surface area contributed by atoms with Gasteiger partial charge in [-0.05, 0) is 12.5 Å². The van der Waals surface area contributed by atoms with Gasteiger partial charge >= 0.3 is 0 Å². The van der Waals surface area contributed by atoms with Gasteiger partial charge in [0.05, 0.1) is 6.61 Å². The van der Waals surface area contributed by atoms with Crippen LogP contribution in [-0.4, -0.2) is 17.8 Å². The van der Waals surface area contributed by atoms with Gasteiger partial charge in [0.2, 0.25) is 0 Å². The molecule has 8 heavy (non-hydrogen) atoms. The Balaban J connectivity index is 3.23. The highest BCUT2D eigenvalue weighted by Crippen LogP contribution is 1.84. The summed E-state index contributed by atoms with van der Waals surface area (Å²) in [6, 6.07) is -0.149. The van der Waals surface area contributed by atoms with Gasteiger partial charge in [-0.1, -0.05) is 6.58 Å². The van der Waals surface area contributed by atoms with E-state index >= 15 is 0 Å². The average molecular weight is 113 g/mol. The maximum absolute atomic E-state index is 8.37. The number of aliphatic hydroxyl groups excluding tert-OH is 1. The first-order chi connectivity index (χ1) is 3.81. The van der Waals surface area contributed by atoms with Crippen molar-refractivity contribution in [1.29, 1.82) is 0 Å². The Kier molecular flexibility index (Phi) is 4.27. The maximum atomic E-state index is 8.37. The molecule has 0 radical (unpaired) electrons. The minimum absolute atomic E-state index is 0.0260.